The maximum absolute atomic E-state index is 12.5. The standard InChI is InChI=1S/C18H20BrN5O2/c1-11-7-13(4-5-14(11)19)24-10-12(8-17(24)25)18(26)20-9-16-22-21-15-3-2-6-23(15)16/h4-5,7,12H,2-3,6,8-10H2,1H3,(H,20,26)/t12-/m0/s1. The zero-order valence-corrected chi connectivity index (χ0v) is 16.1. The van der Waals surface area contributed by atoms with Crippen molar-refractivity contribution in [2.75, 3.05) is 11.4 Å². The number of anilines is 1. The fourth-order valence-corrected chi connectivity index (χ4v) is 3.83. The highest BCUT2D eigenvalue weighted by molar-refractivity contribution is 9.10. The number of aryl methyl sites for hydroxylation is 2. The number of hydrogen-bond donors (Lipinski definition) is 1. The molecule has 1 fully saturated rings. The van der Waals surface area contributed by atoms with Crippen LogP contribution in [0.1, 0.15) is 30.1 Å². The predicted octanol–water partition coefficient (Wildman–Crippen LogP) is 1.96. The SMILES string of the molecule is Cc1cc(N2C[C@@H](C(=O)NCc3nnc4n3CCC4)CC2=O)ccc1Br. The first-order valence-electron chi connectivity index (χ1n) is 8.78. The van der Waals surface area contributed by atoms with Crippen LogP contribution in [0.15, 0.2) is 22.7 Å². The molecule has 1 saturated heterocycles. The monoisotopic (exact) mass is 417 g/mol. The van der Waals surface area contributed by atoms with Gasteiger partial charge in [0.05, 0.1) is 12.5 Å². The van der Waals surface area contributed by atoms with Crippen molar-refractivity contribution in [3.8, 4) is 0 Å². The van der Waals surface area contributed by atoms with Crippen LogP contribution in [0.2, 0.25) is 0 Å². The number of benzene rings is 1. The smallest absolute Gasteiger partial charge is 0.227 e. The van der Waals surface area contributed by atoms with Crippen LogP contribution in [0, 0.1) is 12.8 Å². The van der Waals surface area contributed by atoms with E-state index in [1.54, 1.807) is 4.90 Å². The fraction of sp³-hybridized carbons (Fsp3) is 0.444. The number of halogens is 1. The van der Waals surface area contributed by atoms with E-state index in [4.69, 9.17) is 0 Å². The van der Waals surface area contributed by atoms with Crippen molar-refractivity contribution >= 4 is 33.4 Å². The highest BCUT2D eigenvalue weighted by atomic mass is 79.9. The molecule has 2 aliphatic heterocycles. The number of amides is 2. The average Bonchev–Trinajstić information content (AvgIpc) is 3.31. The van der Waals surface area contributed by atoms with Crippen molar-refractivity contribution in [2.24, 2.45) is 5.92 Å². The number of carbonyl (C=O) groups excluding carboxylic acids is 2. The first-order chi connectivity index (χ1) is 12.5. The van der Waals surface area contributed by atoms with Gasteiger partial charge < -0.3 is 14.8 Å². The molecule has 1 aromatic heterocycles. The van der Waals surface area contributed by atoms with Crippen molar-refractivity contribution < 1.29 is 9.59 Å². The molecule has 26 heavy (non-hydrogen) atoms. The summed E-state index contributed by atoms with van der Waals surface area (Å²) in [5.74, 6) is 1.31. The van der Waals surface area contributed by atoms with Crippen LogP contribution in [0.4, 0.5) is 5.69 Å². The van der Waals surface area contributed by atoms with Gasteiger partial charge in [-0.1, -0.05) is 15.9 Å². The molecule has 4 rings (SSSR count). The Kier molecular flexibility index (Phi) is 4.52. The lowest BCUT2D eigenvalue weighted by Gasteiger charge is -2.17. The van der Waals surface area contributed by atoms with Gasteiger partial charge in [0.15, 0.2) is 5.82 Å². The Hall–Kier alpha value is -2.22. The number of nitrogens with one attached hydrogen (secondary N) is 1. The number of aromatic nitrogens is 3. The molecular formula is C18H20BrN5O2. The van der Waals surface area contributed by atoms with Crippen LogP contribution in [0.5, 0.6) is 0 Å². The largest absolute Gasteiger partial charge is 0.348 e. The van der Waals surface area contributed by atoms with Gasteiger partial charge in [0.1, 0.15) is 5.82 Å². The zero-order chi connectivity index (χ0) is 18.3. The molecule has 136 valence electrons. The fourth-order valence-electron chi connectivity index (χ4n) is 3.58. The number of nitrogens with zero attached hydrogens (tertiary/aromatic N) is 4. The summed E-state index contributed by atoms with van der Waals surface area (Å²) in [5.41, 5.74) is 1.89. The molecule has 0 aliphatic carbocycles. The van der Waals surface area contributed by atoms with E-state index in [1.807, 2.05) is 25.1 Å². The minimum Gasteiger partial charge on any atom is -0.348 e. The first-order valence-corrected chi connectivity index (χ1v) is 9.57. The summed E-state index contributed by atoms with van der Waals surface area (Å²) in [6, 6.07) is 5.79. The molecule has 1 aromatic carbocycles. The molecule has 0 saturated carbocycles. The lowest BCUT2D eigenvalue weighted by Crippen LogP contribution is -2.33. The average molecular weight is 418 g/mol. The van der Waals surface area contributed by atoms with Crippen molar-refractivity contribution in [2.45, 2.75) is 39.3 Å². The highest BCUT2D eigenvalue weighted by Gasteiger charge is 2.35. The third-order valence-electron chi connectivity index (χ3n) is 5.06. The minimum atomic E-state index is -0.340. The predicted molar refractivity (Wildman–Crippen MR) is 99.5 cm³/mol. The Morgan fingerprint density at radius 3 is 3.04 bits per heavy atom. The van der Waals surface area contributed by atoms with Crippen LogP contribution >= 0.6 is 15.9 Å². The molecular weight excluding hydrogens is 398 g/mol. The zero-order valence-electron chi connectivity index (χ0n) is 14.5. The van der Waals surface area contributed by atoms with Gasteiger partial charge in [0, 0.05) is 36.1 Å². The van der Waals surface area contributed by atoms with Crippen LogP contribution in [0.25, 0.3) is 0 Å². The second-order valence-corrected chi connectivity index (χ2v) is 7.70. The number of carbonyl (C=O) groups is 2. The molecule has 2 amide bonds. The molecule has 0 unspecified atom stereocenters. The van der Waals surface area contributed by atoms with Gasteiger partial charge in [0.2, 0.25) is 11.8 Å². The molecule has 2 aliphatic rings. The maximum atomic E-state index is 12.5. The van der Waals surface area contributed by atoms with Gasteiger partial charge in [-0.2, -0.15) is 0 Å². The minimum absolute atomic E-state index is 0.0183. The number of fused-ring (bicyclic) bond motifs is 1. The molecule has 0 radical (unpaired) electrons. The Bertz CT molecular complexity index is 878. The quantitative estimate of drug-likeness (QED) is 0.824. The van der Waals surface area contributed by atoms with Gasteiger partial charge in [-0.15, -0.1) is 10.2 Å². The van der Waals surface area contributed by atoms with E-state index >= 15 is 0 Å². The van der Waals surface area contributed by atoms with Crippen LogP contribution in [-0.4, -0.2) is 33.1 Å². The normalized spacial score (nSPS) is 19.1. The summed E-state index contributed by atoms with van der Waals surface area (Å²) < 4.78 is 3.07. The van der Waals surface area contributed by atoms with E-state index in [0.29, 0.717) is 13.1 Å². The lowest BCUT2D eigenvalue weighted by molar-refractivity contribution is -0.126. The number of hydrogen-bond acceptors (Lipinski definition) is 4. The van der Waals surface area contributed by atoms with Gasteiger partial charge in [0.25, 0.3) is 0 Å². The second kappa shape index (κ2) is 6.83. The van der Waals surface area contributed by atoms with Gasteiger partial charge in [-0.3, -0.25) is 9.59 Å². The van der Waals surface area contributed by atoms with Gasteiger partial charge >= 0.3 is 0 Å². The summed E-state index contributed by atoms with van der Waals surface area (Å²) in [5, 5.41) is 11.2. The van der Waals surface area contributed by atoms with Gasteiger partial charge in [-0.05, 0) is 37.1 Å². The molecule has 8 heteroatoms. The molecule has 0 bridgehead atoms. The number of rotatable bonds is 4. The Balaban J connectivity index is 1.39. The van der Waals surface area contributed by atoms with Crippen molar-refractivity contribution in [1.82, 2.24) is 20.1 Å². The Labute approximate surface area is 159 Å². The Morgan fingerprint density at radius 1 is 1.38 bits per heavy atom. The molecule has 1 atom stereocenters. The maximum Gasteiger partial charge on any atom is 0.227 e. The van der Waals surface area contributed by atoms with Crippen LogP contribution in [0.3, 0.4) is 0 Å². The van der Waals surface area contributed by atoms with Gasteiger partial charge in [-0.25, -0.2) is 0 Å². The lowest BCUT2D eigenvalue weighted by atomic mass is 10.1. The van der Waals surface area contributed by atoms with Crippen molar-refractivity contribution in [3.05, 3.63) is 39.9 Å². The van der Waals surface area contributed by atoms with E-state index < -0.39 is 0 Å². The highest BCUT2D eigenvalue weighted by Crippen LogP contribution is 2.28. The van der Waals surface area contributed by atoms with E-state index in [9.17, 15) is 9.59 Å². The molecule has 1 N–H and O–H groups in total. The van der Waals surface area contributed by atoms with E-state index in [2.05, 4.69) is 36.0 Å². The first kappa shape index (κ1) is 17.2. The van der Waals surface area contributed by atoms with E-state index in [0.717, 1.165) is 46.8 Å². The molecule has 0 spiro atoms. The Morgan fingerprint density at radius 2 is 2.23 bits per heavy atom. The third kappa shape index (κ3) is 3.13. The summed E-state index contributed by atoms with van der Waals surface area (Å²) in [7, 11) is 0. The topological polar surface area (TPSA) is 80.1 Å². The summed E-state index contributed by atoms with van der Waals surface area (Å²) in [6.45, 7) is 3.65. The van der Waals surface area contributed by atoms with Crippen LogP contribution in [-0.2, 0) is 29.1 Å². The summed E-state index contributed by atoms with van der Waals surface area (Å²) in [4.78, 5) is 26.6. The second-order valence-electron chi connectivity index (χ2n) is 6.84. The van der Waals surface area contributed by atoms with Crippen LogP contribution < -0.4 is 10.2 Å². The summed E-state index contributed by atoms with van der Waals surface area (Å²) >= 11 is 3.47. The summed E-state index contributed by atoms with van der Waals surface area (Å²) in [6.07, 6.45) is 2.25. The van der Waals surface area contributed by atoms with Crippen molar-refractivity contribution in [3.63, 3.8) is 0 Å². The molecule has 3 heterocycles. The van der Waals surface area contributed by atoms with E-state index in [-0.39, 0.29) is 24.2 Å². The van der Waals surface area contributed by atoms with Crippen molar-refractivity contribution in [1.29, 1.82) is 0 Å². The van der Waals surface area contributed by atoms with E-state index in [1.165, 1.54) is 0 Å². The molecule has 2 aromatic rings. The molecule has 7 nitrogen and oxygen atoms in total. The third-order valence-corrected chi connectivity index (χ3v) is 5.95.